The van der Waals surface area contributed by atoms with Crippen LogP contribution in [0.25, 0.3) is 0 Å². The molecule has 0 bridgehead atoms. The molecule has 0 radical (unpaired) electrons. The topological polar surface area (TPSA) is 15.3 Å². The Morgan fingerprint density at radius 1 is 1.33 bits per heavy atom. The van der Waals surface area contributed by atoms with Crippen molar-refractivity contribution in [1.82, 2.24) is 10.2 Å². The number of nitrogens with zero attached hydrogens (tertiary/aromatic N) is 1. The van der Waals surface area contributed by atoms with Crippen LogP contribution in [0, 0.1) is 0 Å². The predicted octanol–water partition coefficient (Wildman–Crippen LogP) is 1.22. The van der Waals surface area contributed by atoms with Crippen molar-refractivity contribution in [2.24, 2.45) is 0 Å². The molecule has 2 nitrogen and oxygen atoms in total. The third-order valence-corrected chi connectivity index (χ3v) is 3.53. The fourth-order valence-corrected chi connectivity index (χ4v) is 1.99. The van der Waals surface area contributed by atoms with Crippen molar-refractivity contribution >= 4 is 0 Å². The minimum atomic E-state index is 0.516. The van der Waals surface area contributed by atoms with Crippen molar-refractivity contribution in [1.29, 1.82) is 0 Å². The van der Waals surface area contributed by atoms with Gasteiger partial charge in [0.1, 0.15) is 0 Å². The highest BCUT2D eigenvalue weighted by Crippen LogP contribution is 2.36. The Morgan fingerprint density at radius 3 is 2.33 bits per heavy atom. The molecule has 2 fully saturated rings. The second-order valence-electron chi connectivity index (χ2n) is 4.63. The summed E-state index contributed by atoms with van der Waals surface area (Å²) in [6.07, 6.45) is 7.01. The van der Waals surface area contributed by atoms with E-state index < -0.39 is 0 Å². The van der Waals surface area contributed by atoms with E-state index in [9.17, 15) is 0 Å². The molecule has 0 spiro atoms. The van der Waals surface area contributed by atoms with Gasteiger partial charge in [0, 0.05) is 18.1 Å². The lowest BCUT2D eigenvalue weighted by Gasteiger charge is -2.47. The van der Waals surface area contributed by atoms with E-state index >= 15 is 0 Å². The van der Waals surface area contributed by atoms with Gasteiger partial charge in [-0.1, -0.05) is 0 Å². The molecule has 0 saturated heterocycles. The van der Waals surface area contributed by atoms with Gasteiger partial charge in [-0.05, 0) is 46.2 Å². The largest absolute Gasteiger partial charge is 0.312 e. The molecule has 2 heteroatoms. The Labute approximate surface area is 75.3 Å². The van der Waals surface area contributed by atoms with Crippen LogP contribution < -0.4 is 5.32 Å². The Bertz CT molecular complexity index is 157. The van der Waals surface area contributed by atoms with E-state index in [1.807, 2.05) is 0 Å². The number of nitrogens with one attached hydrogen (secondary N) is 1. The van der Waals surface area contributed by atoms with Crippen molar-refractivity contribution in [3.05, 3.63) is 0 Å². The molecule has 2 saturated carbocycles. The molecule has 70 valence electrons. The molecule has 0 aromatic heterocycles. The lowest BCUT2D eigenvalue weighted by Crippen LogP contribution is -2.56. The summed E-state index contributed by atoms with van der Waals surface area (Å²) in [5.74, 6) is 0. The molecule has 2 aliphatic carbocycles. The average molecular weight is 168 g/mol. The van der Waals surface area contributed by atoms with Gasteiger partial charge < -0.3 is 10.2 Å². The van der Waals surface area contributed by atoms with Gasteiger partial charge in [-0.15, -0.1) is 0 Å². The molecule has 0 atom stereocenters. The minimum Gasteiger partial charge on any atom is -0.312 e. The van der Waals surface area contributed by atoms with Gasteiger partial charge in [-0.3, -0.25) is 0 Å². The third kappa shape index (κ3) is 1.50. The maximum atomic E-state index is 3.64. The van der Waals surface area contributed by atoms with E-state index in [4.69, 9.17) is 0 Å². The van der Waals surface area contributed by atoms with Crippen molar-refractivity contribution in [2.75, 3.05) is 20.6 Å². The van der Waals surface area contributed by atoms with Gasteiger partial charge in [0.25, 0.3) is 0 Å². The molecule has 0 aromatic rings. The zero-order chi connectivity index (χ0) is 8.60. The zero-order valence-electron chi connectivity index (χ0n) is 8.27. The van der Waals surface area contributed by atoms with E-state index in [2.05, 4.69) is 24.3 Å². The van der Waals surface area contributed by atoms with Gasteiger partial charge in [0.2, 0.25) is 0 Å². The van der Waals surface area contributed by atoms with Crippen LogP contribution in [0.15, 0.2) is 0 Å². The van der Waals surface area contributed by atoms with Crippen molar-refractivity contribution in [3.63, 3.8) is 0 Å². The quantitative estimate of drug-likeness (QED) is 0.679. The van der Waals surface area contributed by atoms with Crippen molar-refractivity contribution in [3.8, 4) is 0 Å². The van der Waals surface area contributed by atoms with E-state index in [-0.39, 0.29) is 0 Å². The SMILES string of the molecule is CN(C)C1(CNC2CC2)CCC1. The molecule has 0 aromatic carbocycles. The lowest BCUT2D eigenvalue weighted by molar-refractivity contribution is 0.0598. The predicted molar refractivity (Wildman–Crippen MR) is 51.3 cm³/mol. The van der Waals surface area contributed by atoms with E-state index in [0.717, 1.165) is 6.04 Å². The van der Waals surface area contributed by atoms with Gasteiger partial charge in [0.05, 0.1) is 0 Å². The zero-order valence-corrected chi connectivity index (χ0v) is 8.27. The average Bonchev–Trinajstić information content (AvgIpc) is 2.67. The Kier molecular flexibility index (Phi) is 2.13. The fourth-order valence-electron chi connectivity index (χ4n) is 1.99. The van der Waals surface area contributed by atoms with Crippen LogP contribution in [0.5, 0.6) is 0 Å². The van der Waals surface area contributed by atoms with Crippen LogP contribution in [0.2, 0.25) is 0 Å². The highest BCUT2D eigenvalue weighted by molar-refractivity contribution is 4.99. The summed E-state index contributed by atoms with van der Waals surface area (Å²) >= 11 is 0. The number of hydrogen-bond acceptors (Lipinski definition) is 2. The van der Waals surface area contributed by atoms with Crippen LogP contribution in [0.1, 0.15) is 32.1 Å². The second kappa shape index (κ2) is 3.00. The standard InChI is InChI=1S/C10H20N2/c1-12(2)10(6-3-7-10)8-11-9-4-5-9/h9,11H,3-8H2,1-2H3. The molecule has 2 rings (SSSR count). The normalized spacial score (nSPS) is 27.2. The van der Waals surface area contributed by atoms with E-state index in [1.165, 1.54) is 38.6 Å². The van der Waals surface area contributed by atoms with Gasteiger partial charge >= 0.3 is 0 Å². The highest BCUT2D eigenvalue weighted by atomic mass is 15.2. The minimum absolute atomic E-state index is 0.516. The number of hydrogen-bond donors (Lipinski definition) is 1. The van der Waals surface area contributed by atoms with Crippen LogP contribution >= 0.6 is 0 Å². The third-order valence-electron chi connectivity index (χ3n) is 3.53. The number of likely N-dealkylation sites (N-methyl/N-ethyl adjacent to an activating group) is 1. The summed E-state index contributed by atoms with van der Waals surface area (Å²) in [7, 11) is 4.43. The van der Waals surface area contributed by atoms with Gasteiger partial charge in [0.15, 0.2) is 0 Å². The maximum absolute atomic E-state index is 3.64. The maximum Gasteiger partial charge on any atom is 0.0328 e. The summed E-state index contributed by atoms with van der Waals surface area (Å²) < 4.78 is 0. The van der Waals surface area contributed by atoms with Gasteiger partial charge in [-0.25, -0.2) is 0 Å². The fraction of sp³-hybridized carbons (Fsp3) is 1.00. The summed E-state index contributed by atoms with van der Waals surface area (Å²) in [6.45, 7) is 1.21. The highest BCUT2D eigenvalue weighted by Gasteiger charge is 2.39. The van der Waals surface area contributed by atoms with E-state index in [1.54, 1.807) is 0 Å². The monoisotopic (exact) mass is 168 g/mol. The summed E-state index contributed by atoms with van der Waals surface area (Å²) in [4.78, 5) is 2.41. The molecular formula is C10H20N2. The Morgan fingerprint density at radius 2 is 2.00 bits per heavy atom. The van der Waals surface area contributed by atoms with Crippen molar-refractivity contribution in [2.45, 2.75) is 43.7 Å². The Hall–Kier alpha value is -0.0800. The first-order valence-corrected chi connectivity index (χ1v) is 5.14. The Balaban J connectivity index is 1.80. The summed E-state index contributed by atoms with van der Waals surface area (Å²) in [6, 6.07) is 0.863. The summed E-state index contributed by atoms with van der Waals surface area (Å²) in [5.41, 5.74) is 0.516. The molecule has 0 aliphatic heterocycles. The first-order valence-electron chi connectivity index (χ1n) is 5.14. The summed E-state index contributed by atoms with van der Waals surface area (Å²) in [5, 5.41) is 3.64. The van der Waals surface area contributed by atoms with Crippen LogP contribution in [-0.2, 0) is 0 Å². The van der Waals surface area contributed by atoms with Crippen LogP contribution in [0.4, 0.5) is 0 Å². The lowest BCUT2D eigenvalue weighted by atomic mass is 9.75. The van der Waals surface area contributed by atoms with Crippen LogP contribution in [0.3, 0.4) is 0 Å². The second-order valence-corrected chi connectivity index (χ2v) is 4.63. The number of rotatable bonds is 4. The first kappa shape index (κ1) is 8.52. The smallest absolute Gasteiger partial charge is 0.0328 e. The molecule has 1 N–H and O–H groups in total. The molecule has 0 amide bonds. The molecule has 0 unspecified atom stereocenters. The molecular weight excluding hydrogens is 148 g/mol. The molecule has 2 aliphatic rings. The van der Waals surface area contributed by atoms with E-state index in [0.29, 0.717) is 5.54 Å². The molecule has 12 heavy (non-hydrogen) atoms. The van der Waals surface area contributed by atoms with Crippen molar-refractivity contribution < 1.29 is 0 Å². The van der Waals surface area contributed by atoms with Gasteiger partial charge in [-0.2, -0.15) is 0 Å². The first-order chi connectivity index (χ1) is 5.73. The van der Waals surface area contributed by atoms with Crippen LogP contribution in [-0.4, -0.2) is 37.1 Å². The molecule has 0 heterocycles.